The molecule has 0 aliphatic heterocycles. The Labute approximate surface area is 176 Å². The van der Waals surface area contributed by atoms with Crippen LogP contribution in [0.4, 0.5) is 0 Å². The average Bonchev–Trinajstić information content (AvgIpc) is 3.14. The molecule has 0 saturated carbocycles. The van der Waals surface area contributed by atoms with Gasteiger partial charge >= 0.3 is 5.69 Å². The number of furan rings is 1. The Morgan fingerprint density at radius 1 is 1.00 bits per heavy atom. The maximum Gasteiger partial charge on any atom is 0.347 e. The summed E-state index contributed by atoms with van der Waals surface area (Å²) in [6.45, 7) is 1.67. The van der Waals surface area contributed by atoms with Crippen molar-refractivity contribution in [3.05, 3.63) is 46.5 Å². The molecule has 0 saturated heterocycles. The largest absolute Gasteiger partial charge is 0.504 e. The lowest BCUT2D eigenvalue weighted by atomic mass is 9.97. The number of H-pyrrole nitrogens is 1. The van der Waals surface area contributed by atoms with Gasteiger partial charge in [-0.3, -0.25) is 4.98 Å². The van der Waals surface area contributed by atoms with Crippen LogP contribution in [-0.2, 0) is 0 Å². The molecule has 0 atom stereocenters. The summed E-state index contributed by atoms with van der Waals surface area (Å²) in [5.41, 5.74) is 1.43. The van der Waals surface area contributed by atoms with Gasteiger partial charge in [0, 0.05) is 11.8 Å². The molecule has 2 aromatic carbocycles. The smallest absolute Gasteiger partial charge is 0.347 e. The predicted molar refractivity (Wildman–Crippen MR) is 113 cm³/mol. The van der Waals surface area contributed by atoms with E-state index in [0.29, 0.717) is 39.3 Å². The Morgan fingerprint density at radius 3 is 2.29 bits per heavy atom. The number of methoxy groups -OCH3 is 3. The molecule has 0 radical (unpaired) electrons. The van der Waals surface area contributed by atoms with Crippen molar-refractivity contribution >= 4 is 11.1 Å². The van der Waals surface area contributed by atoms with Crippen LogP contribution in [0.2, 0.25) is 0 Å². The third-order valence-electron chi connectivity index (χ3n) is 5.03. The van der Waals surface area contributed by atoms with E-state index in [1.807, 2.05) is 0 Å². The first-order chi connectivity index (χ1) is 14.9. The van der Waals surface area contributed by atoms with Crippen LogP contribution >= 0.6 is 0 Å². The summed E-state index contributed by atoms with van der Waals surface area (Å²) in [6.07, 6.45) is 1.38. The fourth-order valence-electron chi connectivity index (χ4n) is 3.48. The summed E-state index contributed by atoms with van der Waals surface area (Å²) < 4.78 is 22.2. The number of aromatic nitrogens is 2. The number of aromatic hydroxyl groups is 2. The molecule has 0 unspecified atom stereocenters. The van der Waals surface area contributed by atoms with E-state index in [1.54, 1.807) is 31.2 Å². The van der Waals surface area contributed by atoms with Crippen molar-refractivity contribution in [1.82, 2.24) is 9.97 Å². The van der Waals surface area contributed by atoms with Crippen LogP contribution in [0.5, 0.6) is 28.7 Å². The second-order valence-electron chi connectivity index (χ2n) is 6.78. The van der Waals surface area contributed by atoms with Gasteiger partial charge in [0.1, 0.15) is 5.76 Å². The van der Waals surface area contributed by atoms with E-state index in [4.69, 9.17) is 18.6 Å². The van der Waals surface area contributed by atoms with Gasteiger partial charge < -0.3 is 28.8 Å². The van der Waals surface area contributed by atoms with E-state index < -0.39 is 5.69 Å². The van der Waals surface area contributed by atoms with Crippen molar-refractivity contribution in [1.29, 1.82) is 0 Å². The van der Waals surface area contributed by atoms with Crippen LogP contribution in [0.3, 0.4) is 0 Å². The Balaban J connectivity index is 2.11. The van der Waals surface area contributed by atoms with Gasteiger partial charge in [-0.25, -0.2) is 9.78 Å². The van der Waals surface area contributed by atoms with Gasteiger partial charge in [-0.1, -0.05) is 6.07 Å². The van der Waals surface area contributed by atoms with Crippen molar-refractivity contribution in [2.45, 2.75) is 6.92 Å². The van der Waals surface area contributed by atoms with Crippen LogP contribution in [0.25, 0.3) is 33.6 Å². The topological polar surface area (TPSA) is 127 Å². The van der Waals surface area contributed by atoms with Crippen molar-refractivity contribution in [2.75, 3.05) is 21.3 Å². The molecule has 0 fully saturated rings. The van der Waals surface area contributed by atoms with Crippen LogP contribution in [0.1, 0.15) is 5.56 Å². The van der Waals surface area contributed by atoms with E-state index in [-0.39, 0.29) is 28.5 Å². The number of phenols is 2. The highest BCUT2D eigenvalue weighted by molar-refractivity contribution is 6.01. The van der Waals surface area contributed by atoms with E-state index in [2.05, 4.69) is 9.97 Å². The predicted octanol–water partition coefficient (Wildman–Crippen LogP) is 3.60. The number of aromatic amines is 1. The molecule has 9 nitrogen and oxygen atoms in total. The van der Waals surface area contributed by atoms with Crippen LogP contribution in [-0.4, -0.2) is 41.5 Å². The molecule has 0 amide bonds. The first kappa shape index (κ1) is 20.1. The Hall–Kier alpha value is -4.14. The highest BCUT2D eigenvalue weighted by Gasteiger charge is 2.25. The third-order valence-corrected chi connectivity index (χ3v) is 5.03. The number of hydrogen-bond donors (Lipinski definition) is 3. The SMILES string of the molecule is COc1cc(-c2c(-c3ccc(C)c(O)c3O)oc3[nH]c(=O)ncc23)cc(OC)c1OC. The maximum atomic E-state index is 11.8. The Bertz CT molecular complexity index is 1330. The van der Waals surface area contributed by atoms with Crippen molar-refractivity contribution in [3.63, 3.8) is 0 Å². The van der Waals surface area contributed by atoms with Gasteiger partial charge in [0.2, 0.25) is 11.5 Å². The van der Waals surface area contributed by atoms with Crippen LogP contribution in [0.15, 0.2) is 39.7 Å². The first-order valence-electron chi connectivity index (χ1n) is 9.23. The number of rotatable bonds is 5. The Morgan fingerprint density at radius 2 is 1.68 bits per heavy atom. The third kappa shape index (κ3) is 3.20. The molecule has 3 N–H and O–H groups in total. The molecule has 0 aliphatic carbocycles. The summed E-state index contributed by atoms with van der Waals surface area (Å²) in [7, 11) is 4.50. The van der Waals surface area contributed by atoms with Crippen molar-refractivity contribution < 1.29 is 28.8 Å². The first-order valence-corrected chi connectivity index (χ1v) is 9.23. The zero-order valence-corrected chi connectivity index (χ0v) is 17.3. The van der Waals surface area contributed by atoms with Crippen LogP contribution in [0, 0.1) is 6.92 Å². The average molecular weight is 424 g/mol. The zero-order chi connectivity index (χ0) is 22.3. The lowest BCUT2D eigenvalue weighted by molar-refractivity contribution is 0.324. The fourth-order valence-corrected chi connectivity index (χ4v) is 3.48. The number of hydrogen-bond acceptors (Lipinski definition) is 8. The Kier molecular flexibility index (Phi) is 4.94. The molecule has 9 heteroatoms. The molecule has 2 heterocycles. The molecule has 31 heavy (non-hydrogen) atoms. The monoisotopic (exact) mass is 424 g/mol. The minimum atomic E-state index is -0.583. The number of fused-ring (bicyclic) bond motifs is 1. The van der Waals surface area contributed by atoms with Gasteiger partial charge in [-0.05, 0) is 36.2 Å². The van der Waals surface area contributed by atoms with Crippen molar-refractivity contribution in [3.8, 4) is 51.2 Å². The maximum absolute atomic E-state index is 11.8. The molecular formula is C22H20N2O7. The molecule has 2 aromatic heterocycles. The minimum absolute atomic E-state index is 0.165. The van der Waals surface area contributed by atoms with E-state index >= 15 is 0 Å². The second kappa shape index (κ2) is 7.60. The number of aryl methyl sites for hydroxylation is 1. The molecule has 0 spiro atoms. The van der Waals surface area contributed by atoms with E-state index in [9.17, 15) is 15.0 Å². The number of ether oxygens (including phenoxy) is 3. The quantitative estimate of drug-likeness (QED) is 0.415. The normalized spacial score (nSPS) is 11.0. The molecule has 0 aliphatic rings. The summed E-state index contributed by atoms with van der Waals surface area (Å²) in [5, 5.41) is 21.3. The van der Waals surface area contributed by atoms with Crippen LogP contribution < -0.4 is 19.9 Å². The van der Waals surface area contributed by atoms with Gasteiger partial charge in [-0.15, -0.1) is 0 Å². The van der Waals surface area contributed by atoms with Crippen molar-refractivity contribution in [2.24, 2.45) is 0 Å². The second-order valence-corrected chi connectivity index (χ2v) is 6.78. The lowest BCUT2D eigenvalue weighted by Gasteiger charge is -2.15. The van der Waals surface area contributed by atoms with Gasteiger partial charge in [-0.2, -0.15) is 0 Å². The minimum Gasteiger partial charge on any atom is -0.504 e. The molecule has 0 bridgehead atoms. The highest BCUT2D eigenvalue weighted by Crippen LogP contribution is 2.49. The molecule has 4 rings (SSSR count). The molecular weight excluding hydrogens is 404 g/mol. The lowest BCUT2D eigenvalue weighted by Crippen LogP contribution is -2.07. The van der Waals surface area contributed by atoms with E-state index in [1.165, 1.54) is 27.5 Å². The fraction of sp³-hybridized carbons (Fsp3) is 0.182. The highest BCUT2D eigenvalue weighted by atomic mass is 16.5. The number of phenolic OH excluding ortho intramolecular Hbond substituents is 2. The van der Waals surface area contributed by atoms with Gasteiger partial charge in [0.05, 0.1) is 32.3 Å². The molecule has 4 aromatic rings. The van der Waals surface area contributed by atoms with Gasteiger partial charge in [0.15, 0.2) is 23.0 Å². The summed E-state index contributed by atoms with van der Waals surface area (Å²) in [5.74, 6) is 0.839. The van der Waals surface area contributed by atoms with Gasteiger partial charge in [0.25, 0.3) is 0 Å². The zero-order valence-electron chi connectivity index (χ0n) is 17.3. The van der Waals surface area contributed by atoms with E-state index in [0.717, 1.165) is 0 Å². The molecule has 160 valence electrons. The summed E-state index contributed by atoms with van der Waals surface area (Å²) in [6, 6.07) is 6.70. The standard InChI is InChI=1S/C22H20N2O7/c1-10-5-6-12(18(26)17(10)25)19-16(13-9-23-22(27)24-21(13)31-19)11-7-14(28-2)20(30-4)15(8-11)29-3/h5-9,25-26H,1-4H3,(H,23,24,27). The summed E-state index contributed by atoms with van der Waals surface area (Å²) in [4.78, 5) is 18.1. The number of nitrogens with zero attached hydrogens (tertiary/aromatic N) is 1. The summed E-state index contributed by atoms with van der Waals surface area (Å²) >= 11 is 0. The number of benzene rings is 2. The number of nitrogens with one attached hydrogen (secondary N) is 1.